The zero-order valence-electron chi connectivity index (χ0n) is 15.0. The van der Waals surface area contributed by atoms with Crippen molar-refractivity contribution >= 4 is 27.4 Å². The summed E-state index contributed by atoms with van der Waals surface area (Å²) in [7, 11) is 0. The van der Waals surface area contributed by atoms with E-state index in [0.29, 0.717) is 0 Å². The van der Waals surface area contributed by atoms with Gasteiger partial charge < -0.3 is 4.90 Å². The predicted molar refractivity (Wildman–Crippen MR) is 108 cm³/mol. The Morgan fingerprint density at radius 2 is 1.81 bits per heavy atom. The Labute approximate surface area is 158 Å². The minimum absolute atomic E-state index is 1.03. The van der Waals surface area contributed by atoms with Crippen molar-refractivity contribution in [2.24, 2.45) is 0 Å². The van der Waals surface area contributed by atoms with E-state index in [9.17, 15) is 0 Å². The van der Waals surface area contributed by atoms with Gasteiger partial charge in [0.05, 0.1) is 5.39 Å². The normalized spacial score (nSPS) is 18.2. The van der Waals surface area contributed by atoms with Crippen molar-refractivity contribution in [3.63, 3.8) is 0 Å². The van der Waals surface area contributed by atoms with E-state index in [1.54, 1.807) is 6.33 Å². The molecule has 134 valence electrons. The number of nitrogens with zero attached hydrogens (tertiary/aromatic N) is 4. The molecule has 26 heavy (non-hydrogen) atoms. The Balaban J connectivity index is 1.45. The van der Waals surface area contributed by atoms with Crippen LogP contribution in [0.1, 0.15) is 35.3 Å². The molecule has 1 fully saturated rings. The molecule has 1 aromatic carbocycles. The van der Waals surface area contributed by atoms with Crippen LogP contribution in [-0.4, -0.2) is 34.5 Å². The van der Waals surface area contributed by atoms with Crippen molar-refractivity contribution in [1.29, 1.82) is 0 Å². The van der Waals surface area contributed by atoms with Gasteiger partial charge in [-0.15, -0.1) is 11.3 Å². The topological polar surface area (TPSA) is 32.3 Å². The van der Waals surface area contributed by atoms with Crippen molar-refractivity contribution in [2.45, 2.75) is 38.8 Å². The van der Waals surface area contributed by atoms with Gasteiger partial charge in [-0.2, -0.15) is 0 Å². The fraction of sp³-hybridized carbons (Fsp3) is 0.429. The van der Waals surface area contributed by atoms with E-state index >= 15 is 0 Å². The Morgan fingerprint density at radius 1 is 0.962 bits per heavy atom. The van der Waals surface area contributed by atoms with Crippen LogP contribution in [0, 0.1) is 0 Å². The van der Waals surface area contributed by atoms with Crippen LogP contribution < -0.4 is 4.90 Å². The lowest BCUT2D eigenvalue weighted by molar-refractivity contribution is 0.249. The minimum Gasteiger partial charge on any atom is -0.356 e. The summed E-state index contributed by atoms with van der Waals surface area (Å²) in [6.45, 7) is 5.44. The molecule has 2 aliphatic heterocycles. The highest BCUT2D eigenvalue weighted by molar-refractivity contribution is 7.19. The van der Waals surface area contributed by atoms with Gasteiger partial charge in [-0.25, -0.2) is 9.97 Å². The number of aromatic nitrogens is 2. The average molecular weight is 365 g/mol. The second-order valence-corrected chi connectivity index (χ2v) is 8.46. The molecular formula is C21H24N4S. The Morgan fingerprint density at radius 3 is 2.65 bits per heavy atom. The number of fused-ring (bicyclic) bond motifs is 3. The zero-order chi connectivity index (χ0) is 17.3. The second-order valence-electron chi connectivity index (χ2n) is 7.38. The maximum Gasteiger partial charge on any atom is 0.141 e. The van der Waals surface area contributed by atoms with Gasteiger partial charge in [-0.1, -0.05) is 30.3 Å². The number of thiophene rings is 1. The number of hydrogen-bond acceptors (Lipinski definition) is 5. The third-order valence-electron chi connectivity index (χ3n) is 5.60. The summed E-state index contributed by atoms with van der Waals surface area (Å²) in [5.74, 6) is 1.18. The highest BCUT2D eigenvalue weighted by Gasteiger charge is 2.25. The van der Waals surface area contributed by atoms with E-state index in [4.69, 9.17) is 4.98 Å². The van der Waals surface area contributed by atoms with E-state index < -0.39 is 0 Å². The minimum atomic E-state index is 1.03. The van der Waals surface area contributed by atoms with Gasteiger partial charge in [-0.05, 0) is 36.8 Å². The Hall–Kier alpha value is -1.98. The molecule has 4 nitrogen and oxygen atoms in total. The molecular weight excluding hydrogens is 340 g/mol. The SMILES string of the molecule is c1ccc(CN2CCc3c(sc4ncnc(N5CCCCC5)c34)C2)cc1. The molecule has 0 amide bonds. The van der Waals surface area contributed by atoms with Gasteiger partial charge in [0.2, 0.25) is 0 Å². The fourth-order valence-electron chi connectivity index (χ4n) is 4.29. The standard InChI is InChI=1S/C21H24N4S/c1-3-7-16(8-4-1)13-24-12-9-17-18(14-24)26-21-19(17)20(22-15-23-21)25-10-5-2-6-11-25/h1,3-4,7-8,15H,2,5-6,9-14H2. The van der Waals surface area contributed by atoms with E-state index in [0.717, 1.165) is 39.1 Å². The summed E-state index contributed by atoms with van der Waals surface area (Å²) in [4.78, 5) is 17.0. The van der Waals surface area contributed by atoms with Crippen LogP contribution in [0.15, 0.2) is 36.7 Å². The van der Waals surface area contributed by atoms with Crippen LogP contribution in [0.25, 0.3) is 10.2 Å². The van der Waals surface area contributed by atoms with E-state index in [1.165, 1.54) is 51.3 Å². The first kappa shape index (κ1) is 16.2. The first-order valence-corrected chi connectivity index (χ1v) is 10.5. The first-order chi connectivity index (χ1) is 12.9. The molecule has 0 spiro atoms. The molecule has 0 aliphatic carbocycles. The van der Waals surface area contributed by atoms with E-state index in [2.05, 4.69) is 45.1 Å². The molecule has 0 unspecified atom stereocenters. The summed E-state index contributed by atoms with van der Waals surface area (Å²) < 4.78 is 0. The van der Waals surface area contributed by atoms with Crippen molar-refractivity contribution in [3.05, 3.63) is 52.7 Å². The largest absolute Gasteiger partial charge is 0.356 e. The van der Waals surface area contributed by atoms with Crippen LogP contribution in [-0.2, 0) is 19.5 Å². The van der Waals surface area contributed by atoms with Crippen LogP contribution in [0.4, 0.5) is 5.82 Å². The number of hydrogen-bond donors (Lipinski definition) is 0. The molecule has 0 radical (unpaired) electrons. The van der Waals surface area contributed by atoms with Crippen molar-refractivity contribution in [1.82, 2.24) is 14.9 Å². The first-order valence-electron chi connectivity index (χ1n) is 9.65. The van der Waals surface area contributed by atoms with Gasteiger partial charge in [0.15, 0.2) is 0 Å². The maximum absolute atomic E-state index is 4.71. The molecule has 5 heteroatoms. The van der Waals surface area contributed by atoms with Crippen molar-refractivity contribution < 1.29 is 0 Å². The predicted octanol–water partition coefficient (Wildman–Crippen LogP) is 4.24. The second kappa shape index (κ2) is 6.97. The third-order valence-corrected chi connectivity index (χ3v) is 6.73. The molecule has 1 saturated heterocycles. The number of piperidine rings is 1. The van der Waals surface area contributed by atoms with Gasteiger partial charge >= 0.3 is 0 Å². The summed E-state index contributed by atoms with van der Waals surface area (Å²) in [5, 5.41) is 1.34. The molecule has 0 atom stereocenters. The van der Waals surface area contributed by atoms with Crippen LogP contribution in [0.5, 0.6) is 0 Å². The van der Waals surface area contributed by atoms with Gasteiger partial charge in [0.25, 0.3) is 0 Å². The van der Waals surface area contributed by atoms with Gasteiger partial charge in [-0.3, -0.25) is 4.90 Å². The lowest BCUT2D eigenvalue weighted by atomic mass is 10.0. The molecule has 0 N–H and O–H groups in total. The highest BCUT2D eigenvalue weighted by Crippen LogP contribution is 2.39. The number of rotatable bonds is 3. The summed E-state index contributed by atoms with van der Waals surface area (Å²) in [5.41, 5.74) is 2.90. The molecule has 4 heterocycles. The Bertz CT molecular complexity index is 899. The molecule has 3 aromatic rings. The lowest BCUT2D eigenvalue weighted by Gasteiger charge is -2.29. The highest BCUT2D eigenvalue weighted by atomic mass is 32.1. The summed E-state index contributed by atoms with van der Waals surface area (Å²) in [6.07, 6.45) is 6.78. The smallest absolute Gasteiger partial charge is 0.141 e. The molecule has 2 aliphatic rings. The summed E-state index contributed by atoms with van der Waals surface area (Å²) in [6, 6.07) is 10.8. The quantitative estimate of drug-likeness (QED) is 0.696. The van der Waals surface area contributed by atoms with Crippen LogP contribution in [0.2, 0.25) is 0 Å². The summed E-state index contributed by atoms with van der Waals surface area (Å²) >= 11 is 1.87. The number of benzene rings is 1. The van der Waals surface area contributed by atoms with Crippen molar-refractivity contribution in [2.75, 3.05) is 24.5 Å². The molecule has 0 bridgehead atoms. The van der Waals surface area contributed by atoms with E-state index in [1.807, 2.05) is 11.3 Å². The Kier molecular flexibility index (Phi) is 4.35. The third kappa shape index (κ3) is 2.99. The molecule has 0 saturated carbocycles. The van der Waals surface area contributed by atoms with Gasteiger partial charge in [0.1, 0.15) is 17.0 Å². The fourth-order valence-corrected chi connectivity index (χ4v) is 5.51. The van der Waals surface area contributed by atoms with Crippen LogP contribution in [0.3, 0.4) is 0 Å². The van der Waals surface area contributed by atoms with E-state index in [-0.39, 0.29) is 0 Å². The van der Waals surface area contributed by atoms with Gasteiger partial charge in [0, 0.05) is 37.6 Å². The van der Waals surface area contributed by atoms with Crippen molar-refractivity contribution in [3.8, 4) is 0 Å². The number of anilines is 1. The maximum atomic E-state index is 4.71. The molecule has 2 aromatic heterocycles. The molecule has 5 rings (SSSR count). The average Bonchev–Trinajstić information content (AvgIpc) is 3.07. The van der Waals surface area contributed by atoms with Crippen LogP contribution >= 0.6 is 11.3 Å². The monoisotopic (exact) mass is 364 g/mol. The zero-order valence-corrected chi connectivity index (χ0v) is 15.8. The lowest BCUT2D eigenvalue weighted by Crippen LogP contribution is -2.31.